The van der Waals surface area contributed by atoms with E-state index < -0.39 is 6.17 Å². The molecule has 0 radical (unpaired) electrons. The maximum absolute atomic E-state index is 12.9. The highest BCUT2D eigenvalue weighted by Gasteiger charge is 2.36. The average Bonchev–Trinajstić information content (AvgIpc) is 3.39. The zero-order valence-electron chi connectivity index (χ0n) is 16.8. The number of rotatable bonds is 10. The van der Waals surface area contributed by atoms with Gasteiger partial charge in [0.25, 0.3) is 5.91 Å². The van der Waals surface area contributed by atoms with Crippen LogP contribution in [0.3, 0.4) is 0 Å². The van der Waals surface area contributed by atoms with E-state index in [-0.39, 0.29) is 42.7 Å². The van der Waals surface area contributed by atoms with Gasteiger partial charge in [0, 0.05) is 42.1 Å². The van der Waals surface area contributed by atoms with Crippen molar-refractivity contribution in [2.24, 2.45) is 17.8 Å². The predicted octanol–water partition coefficient (Wildman–Crippen LogP) is 1.79. The number of alkyl halides is 1. The summed E-state index contributed by atoms with van der Waals surface area (Å²) < 4.78 is 18.3. The predicted molar refractivity (Wildman–Crippen MR) is 105 cm³/mol. The highest BCUT2D eigenvalue weighted by molar-refractivity contribution is 5.97. The molecule has 2 rings (SSSR count). The monoisotopic (exact) mass is 392 g/mol. The molecule has 154 valence electrons. The number of ether oxygens (including phenoxy) is 1. The van der Waals surface area contributed by atoms with Crippen molar-refractivity contribution in [3.05, 3.63) is 35.4 Å². The Bertz CT molecular complexity index is 725. The summed E-state index contributed by atoms with van der Waals surface area (Å²) in [5.74, 6) is 0.306. The van der Waals surface area contributed by atoms with Crippen molar-refractivity contribution >= 4 is 17.5 Å². The average molecular weight is 392 g/mol. The number of allylic oxidation sites excluding steroid dienone is 2. The number of carbonyl (C=O) groups is 2. The van der Waals surface area contributed by atoms with Gasteiger partial charge in [0.05, 0.1) is 0 Å². The molecule has 7 nitrogen and oxygen atoms in total. The summed E-state index contributed by atoms with van der Waals surface area (Å²) in [6.07, 6.45) is 4.13. The van der Waals surface area contributed by atoms with Gasteiger partial charge in [-0.25, -0.2) is 4.39 Å². The van der Waals surface area contributed by atoms with Gasteiger partial charge < -0.3 is 26.1 Å². The summed E-state index contributed by atoms with van der Waals surface area (Å²) in [4.78, 5) is 24.3. The van der Waals surface area contributed by atoms with Crippen LogP contribution >= 0.6 is 0 Å². The summed E-state index contributed by atoms with van der Waals surface area (Å²) in [5, 5.41) is 16.6. The molecule has 0 aromatic heterocycles. The first-order chi connectivity index (χ1) is 13.2. The molecular formula is C20H29FN4O3. The van der Waals surface area contributed by atoms with Gasteiger partial charge in [-0.2, -0.15) is 0 Å². The van der Waals surface area contributed by atoms with Gasteiger partial charge in [-0.3, -0.25) is 9.59 Å². The van der Waals surface area contributed by atoms with Gasteiger partial charge in [0.15, 0.2) is 0 Å². The second-order valence-corrected chi connectivity index (χ2v) is 7.43. The molecule has 1 aliphatic carbocycles. The molecule has 1 heterocycles. The summed E-state index contributed by atoms with van der Waals surface area (Å²) in [7, 11) is 0. The highest BCUT2D eigenvalue weighted by Crippen LogP contribution is 2.37. The molecule has 0 aromatic rings. The van der Waals surface area contributed by atoms with Gasteiger partial charge in [0.1, 0.15) is 24.4 Å². The Kier molecular flexibility index (Phi) is 7.37. The van der Waals surface area contributed by atoms with Crippen molar-refractivity contribution in [1.82, 2.24) is 16.0 Å². The van der Waals surface area contributed by atoms with E-state index in [1.54, 1.807) is 32.9 Å². The second-order valence-electron chi connectivity index (χ2n) is 7.43. The lowest BCUT2D eigenvalue weighted by molar-refractivity contribution is -0.123. The lowest BCUT2D eigenvalue weighted by Crippen LogP contribution is -2.38. The zero-order valence-corrected chi connectivity index (χ0v) is 16.8. The number of dihydropyridines is 1. The maximum atomic E-state index is 12.9. The van der Waals surface area contributed by atoms with E-state index >= 15 is 0 Å². The molecular weight excluding hydrogens is 363 g/mol. The molecule has 0 spiro atoms. The molecule has 0 aromatic carbocycles. The van der Waals surface area contributed by atoms with Crippen molar-refractivity contribution in [2.75, 3.05) is 19.7 Å². The van der Waals surface area contributed by atoms with E-state index in [9.17, 15) is 14.0 Å². The Labute approximate surface area is 165 Å². The van der Waals surface area contributed by atoms with Crippen LogP contribution < -0.4 is 16.0 Å². The third kappa shape index (κ3) is 6.21. The van der Waals surface area contributed by atoms with Crippen molar-refractivity contribution in [3.8, 4) is 0 Å². The van der Waals surface area contributed by atoms with E-state index in [1.807, 2.05) is 6.08 Å². The van der Waals surface area contributed by atoms with Gasteiger partial charge in [-0.1, -0.05) is 19.9 Å². The van der Waals surface area contributed by atoms with Crippen molar-refractivity contribution in [1.29, 1.82) is 5.41 Å². The van der Waals surface area contributed by atoms with E-state index in [1.165, 1.54) is 6.92 Å². The first kappa shape index (κ1) is 21.7. The number of hydrogen-bond donors (Lipinski definition) is 4. The smallest absolute Gasteiger partial charge is 0.251 e. The van der Waals surface area contributed by atoms with Crippen LogP contribution in [0.25, 0.3) is 0 Å². The van der Waals surface area contributed by atoms with E-state index in [0.29, 0.717) is 29.4 Å². The summed E-state index contributed by atoms with van der Waals surface area (Å²) >= 11 is 0. The van der Waals surface area contributed by atoms with Crippen LogP contribution in [0.1, 0.15) is 27.7 Å². The molecule has 0 fully saturated rings. The Morgan fingerprint density at radius 1 is 1.39 bits per heavy atom. The van der Waals surface area contributed by atoms with Crippen molar-refractivity contribution in [2.45, 2.75) is 33.9 Å². The van der Waals surface area contributed by atoms with Crippen LogP contribution in [0, 0.1) is 23.2 Å². The zero-order chi connectivity index (χ0) is 20.8. The Morgan fingerprint density at radius 3 is 2.71 bits per heavy atom. The SMILES string of the molecule is CC(=N)C(CNC(=O)C1=CCNC(NC(=O)C(C)C)=C1)[C@@H]1C=C1OCC(C)F. The highest BCUT2D eigenvalue weighted by atomic mass is 19.1. The normalized spacial score (nSPS) is 20.1. The van der Waals surface area contributed by atoms with Gasteiger partial charge in [-0.05, 0) is 26.0 Å². The van der Waals surface area contributed by atoms with Crippen molar-refractivity contribution < 1.29 is 18.7 Å². The molecule has 4 N–H and O–H groups in total. The molecule has 2 amide bonds. The topological polar surface area (TPSA) is 103 Å². The fourth-order valence-corrected chi connectivity index (χ4v) is 2.70. The van der Waals surface area contributed by atoms with Crippen LogP contribution in [0.5, 0.6) is 0 Å². The fraction of sp³-hybridized carbons (Fsp3) is 0.550. The fourth-order valence-electron chi connectivity index (χ4n) is 2.70. The number of halogens is 1. The Hall–Kier alpha value is -2.64. The first-order valence-corrected chi connectivity index (χ1v) is 9.47. The molecule has 0 saturated carbocycles. The quantitative estimate of drug-likeness (QED) is 0.426. The van der Waals surface area contributed by atoms with Gasteiger partial charge in [0.2, 0.25) is 5.91 Å². The minimum Gasteiger partial charge on any atom is -0.495 e. The first-order valence-electron chi connectivity index (χ1n) is 9.47. The van der Waals surface area contributed by atoms with Crippen LogP contribution in [0.15, 0.2) is 35.4 Å². The molecule has 1 aliphatic heterocycles. The summed E-state index contributed by atoms with van der Waals surface area (Å²) in [5.41, 5.74) is 0.874. The summed E-state index contributed by atoms with van der Waals surface area (Å²) in [6.45, 7) is 7.40. The molecule has 0 saturated heterocycles. The number of amides is 2. The summed E-state index contributed by atoms with van der Waals surface area (Å²) in [6, 6.07) is 0. The van der Waals surface area contributed by atoms with E-state index in [2.05, 4.69) is 16.0 Å². The molecule has 8 heteroatoms. The number of carbonyl (C=O) groups excluding carboxylic acids is 2. The number of nitrogens with one attached hydrogen (secondary N) is 4. The third-order valence-corrected chi connectivity index (χ3v) is 4.47. The minimum atomic E-state index is -1.05. The van der Waals surface area contributed by atoms with Crippen LogP contribution in [-0.2, 0) is 14.3 Å². The van der Waals surface area contributed by atoms with Crippen LogP contribution in [-0.4, -0.2) is 43.4 Å². The molecule has 2 aliphatic rings. The Morgan fingerprint density at radius 2 is 2.11 bits per heavy atom. The molecule has 2 unspecified atom stereocenters. The van der Waals surface area contributed by atoms with Crippen molar-refractivity contribution in [3.63, 3.8) is 0 Å². The third-order valence-electron chi connectivity index (χ3n) is 4.47. The van der Waals surface area contributed by atoms with Gasteiger partial charge >= 0.3 is 0 Å². The molecule has 3 atom stereocenters. The molecule has 0 bridgehead atoms. The lowest BCUT2D eigenvalue weighted by atomic mass is 9.96. The lowest BCUT2D eigenvalue weighted by Gasteiger charge is -2.20. The minimum absolute atomic E-state index is 0.00594. The largest absolute Gasteiger partial charge is 0.495 e. The van der Waals surface area contributed by atoms with E-state index in [4.69, 9.17) is 10.1 Å². The van der Waals surface area contributed by atoms with Gasteiger partial charge in [-0.15, -0.1) is 0 Å². The van der Waals surface area contributed by atoms with Crippen LogP contribution in [0.2, 0.25) is 0 Å². The second kappa shape index (κ2) is 9.52. The van der Waals surface area contributed by atoms with Crippen LogP contribution in [0.4, 0.5) is 4.39 Å². The standard InChI is InChI=1S/C20H29FN4O3/c1-11(2)19(26)25-18-7-14(5-6-23-18)20(27)24-9-16(13(4)22)15-8-17(15)28-10-12(3)21/h5,7-8,11-12,15-16,22-23H,6,9-10H2,1-4H3,(H,24,27)(H,25,26)/t12?,15-,16?/m0/s1. The van der Waals surface area contributed by atoms with E-state index in [0.717, 1.165) is 0 Å². The Balaban J connectivity index is 1.87. The molecule has 28 heavy (non-hydrogen) atoms. The number of hydrogen-bond acceptors (Lipinski definition) is 5. The maximum Gasteiger partial charge on any atom is 0.251 e.